The molecule has 0 aromatic rings. The minimum Gasteiger partial charge on any atom is -0.469 e. The van der Waals surface area contributed by atoms with Crippen molar-refractivity contribution in [2.75, 3.05) is 39.8 Å². The highest BCUT2D eigenvalue weighted by atomic mass is 16.5. The third-order valence-corrected chi connectivity index (χ3v) is 3.95. The Morgan fingerprint density at radius 1 is 1.25 bits per heavy atom. The number of likely N-dealkylation sites (tertiary alicyclic amines) is 1. The molecule has 0 aliphatic carbocycles. The monoisotopic (exact) mass is 340 g/mol. The predicted molar refractivity (Wildman–Crippen MR) is 94.9 cm³/mol. The zero-order valence-electron chi connectivity index (χ0n) is 15.1. The Kier molecular flexibility index (Phi) is 10.6. The first kappa shape index (κ1) is 20.3. The van der Waals surface area contributed by atoms with Crippen LogP contribution in [-0.2, 0) is 14.3 Å². The molecule has 0 saturated carbocycles. The molecule has 1 fully saturated rings. The van der Waals surface area contributed by atoms with Gasteiger partial charge < -0.3 is 20.3 Å². The third kappa shape index (κ3) is 8.74. The third-order valence-electron chi connectivity index (χ3n) is 3.95. The molecule has 0 aromatic heterocycles. The molecule has 0 radical (unpaired) electrons. The van der Waals surface area contributed by atoms with E-state index in [4.69, 9.17) is 0 Å². The Hall–Kier alpha value is -1.79. The molecule has 7 nitrogen and oxygen atoms in total. The smallest absolute Gasteiger partial charge is 0.305 e. The Morgan fingerprint density at radius 3 is 2.75 bits per heavy atom. The number of methoxy groups -OCH3 is 1. The molecule has 2 N–H and O–H groups in total. The number of amides is 1. The van der Waals surface area contributed by atoms with Gasteiger partial charge in [0.25, 0.3) is 0 Å². The number of hydrogen-bond acceptors (Lipinski definition) is 4. The van der Waals surface area contributed by atoms with E-state index >= 15 is 0 Å². The van der Waals surface area contributed by atoms with Crippen molar-refractivity contribution in [3.8, 4) is 0 Å². The molecule has 1 saturated heterocycles. The normalized spacial score (nSPS) is 14.8. The molecule has 1 amide bonds. The van der Waals surface area contributed by atoms with Crippen LogP contribution in [0, 0.1) is 0 Å². The summed E-state index contributed by atoms with van der Waals surface area (Å²) < 4.78 is 4.62. The highest BCUT2D eigenvalue weighted by Gasteiger charge is 2.18. The quantitative estimate of drug-likeness (QED) is 0.256. The number of carbonyl (C=O) groups excluding carboxylic acids is 2. The summed E-state index contributed by atoms with van der Waals surface area (Å²) in [6.45, 7) is 6.09. The van der Waals surface area contributed by atoms with Gasteiger partial charge in [-0.3, -0.25) is 14.6 Å². The summed E-state index contributed by atoms with van der Waals surface area (Å²) in [5, 5.41) is 6.52. The molecule has 1 rings (SSSR count). The van der Waals surface area contributed by atoms with Gasteiger partial charge in [0.2, 0.25) is 5.91 Å². The number of carbonyl (C=O) groups is 2. The fourth-order valence-corrected chi connectivity index (χ4v) is 2.61. The Labute approximate surface area is 145 Å². The Bertz CT molecular complexity index is 413. The van der Waals surface area contributed by atoms with Gasteiger partial charge in [0, 0.05) is 45.6 Å². The molecule has 138 valence electrons. The van der Waals surface area contributed by atoms with E-state index in [1.807, 2.05) is 11.8 Å². The van der Waals surface area contributed by atoms with E-state index in [0.717, 1.165) is 64.2 Å². The molecule has 1 heterocycles. The average Bonchev–Trinajstić information content (AvgIpc) is 2.99. The maximum atomic E-state index is 11.5. The highest BCUT2D eigenvalue weighted by molar-refractivity contribution is 5.79. The first-order valence-corrected chi connectivity index (χ1v) is 9.04. The van der Waals surface area contributed by atoms with Gasteiger partial charge in [-0.05, 0) is 32.6 Å². The van der Waals surface area contributed by atoms with Crippen molar-refractivity contribution in [3.63, 3.8) is 0 Å². The topological polar surface area (TPSA) is 83.0 Å². The lowest BCUT2D eigenvalue weighted by Gasteiger charge is -2.15. The van der Waals surface area contributed by atoms with Gasteiger partial charge in [0.15, 0.2) is 5.96 Å². The average molecular weight is 340 g/mol. The SMILES string of the molecule is CCNC(=NCCCN1CCCC1=O)NCCCCCC(=O)OC. The zero-order valence-corrected chi connectivity index (χ0v) is 15.1. The Morgan fingerprint density at radius 2 is 2.08 bits per heavy atom. The highest BCUT2D eigenvalue weighted by Crippen LogP contribution is 2.09. The van der Waals surface area contributed by atoms with Crippen LogP contribution in [0.5, 0.6) is 0 Å². The number of guanidine groups is 1. The number of hydrogen-bond donors (Lipinski definition) is 2. The van der Waals surface area contributed by atoms with Crippen molar-refractivity contribution < 1.29 is 14.3 Å². The van der Waals surface area contributed by atoms with Crippen LogP contribution in [0.3, 0.4) is 0 Å². The van der Waals surface area contributed by atoms with Gasteiger partial charge in [0.05, 0.1) is 7.11 Å². The molecule has 0 bridgehead atoms. The van der Waals surface area contributed by atoms with E-state index in [0.29, 0.717) is 19.4 Å². The maximum Gasteiger partial charge on any atom is 0.305 e. The summed E-state index contributed by atoms with van der Waals surface area (Å²) in [5.74, 6) is 0.948. The van der Waals surface area contributed by atoms with Crippen molar-refractivity contribution in [3.05, 3.63) is 0 Å². The second kappa shape index (κ2) is 12.6. The van der Waals surface area contributed by atoms with Gasteiger partial charge in [-0.15, -0.1) is 0 Å². The van der Waals surface area contributed by atoms with Gasteiger partial charge in [-0.25, -0.2) is 0 Å². The fourth-order valence-electron chi connectivity index (χ4n) is 2.61. The Balaban J connectivity index is 2.13. The molecule has 1 aliphatic rings. The van der Waals surface area contributed by atoms with Crippen molar-refractivity contribution in [2.24, 2.45) is 4.99 Å². The van der Waals surface area contributed by atoms with Crippen LogP contribution in [0.4, 0.5) is 0 Å². The summed E-state index contributed by atoms with van der Waals surface area (Å²) in [4.78, 5) is 29.0. The molecule has 0 atom stereocenters. The van der Waals surface area contributed by atoms with Crippen LogP contribution < -0.4 is 10.6 Å². The van der Waals surface area contributed by atoms with E-state index < -0.39 is 0 Å². The van der Waals surface area contributed by atoms with Crippen molar-refractivity contribution >= 4 is 17.8 Å². The first-order valence-electron chi connectivity index (χ1n) is 9.04. The number of unbranched alkanes of at least 4 members (excludes halogenated alkanes) is 2. The molecule has 24 heavy (non-hydrogen) atoms. The summed E-state index contributed by atoms with van der Waals surface area (Å²) in [5.41, 5.74) is 0. The summed E-state index contributed by atoms with van der Waals surface area (Å²) in [7, 11) is 1.42. The number of ether oxygens (including phenoxy) is 1. The largest absolute Gasteiger partial charge is 0.469 e. The predicted octanol–water partition coefficient (Wildman–Crippen LogP) is 1.29. The molecular formula is C17H32N4O3. The van der Waals surface area contributed by atoms with Gasteiger partial charge in [-0.2, -0.15) is 0 Å². The van der Waals surface area contributed by atoms with Crippen LogP contribution in [0.15, 0.2) is 4.99 Å². The second-order valence-electron chi connectivity index (χ2n) is 5.91. The summed E-state index contributed by atoms with van der Waals surface area (Å²) in [6.07, 6.45) is 5.89. The molecule has 0 unspecified atom stereocenters. The van der Waals surface area contributed by atoms with Gasteiger partial charge in [0.1, 0.15) is 0 Å². The van der Waals surface area contributed by atoms with E-state index in [9.17, 15) is 9.59 Å². The van der Waals surface area contributed by atoms with Crippen molar-refractivity contribution in [1.82, 2.24) is 15.5 Å². The minimum atomic E-state index is -0.144. The van der Waals surface area contributed by atoms with Crippen molar-refractivity contribution in [1.29, 1.82) is 0 Å². The van der Waals surface area contributed by atoms with Crippen molar-refractivity contribution in [2.45, 2.75) is 51.9 Å². The maximum absolute atomic E-state index is 11.5. The number of rotatable bonds is 11. The summed E-state index contributed by atoms with van der Waals surface area (Å²) in [6, 6.07) is 0. The zero-order chi connectivity index (χ0) is 17.6. The van der Waals surface area contributed by atoms with Crippen LogP contribution in [0.2, 0.25) is 0 Å². The van der Waals surface area contributed by atoms with E-state index in [1.54, 1.807) is 0 Å². The molecule has 0 aromatic carbocycles. The number of aliphatic imine (C=N–C) groups is 1. The van der Waals surface area contributed by atoms with E-state index in [1.165, 1.54) is 7.11 Å². The van der Waals surface area contributed by atoms with Gasteiger partial charge >= 0.3 is 5.97 Å². The number of esters is 1. The van der Waals surface area contributed by atoms with Gasteiger partial charge in [-0.1, -0.05) is 6.42 Å². The molecule has 7 heteroatoms. The second-order valence-corrected chi connectivity index (χ2v) is 5.91. The van der Waals surface area contributed by atoms with E-state index in [-0.39, 0.29) is 11.9 Å². The molecule has 0 spiro atoms. The van der Waals surface area contributed by atoms with Crippen LogP contribution in [-0.4, -0.2) is 62.6 Å². The summed E-state index contributed by atoms with van der Waals surface area (Å²) >= 11 is 0. The van der Waals surface area contributed by atoms with Crippen LogP contribution in [0.1, 0.15) is 51.9 Å². The lowest BCUT2D eigenvalue weighted by Crippen LogP contribution is -2.38. The minimum absolute atomic E-state index is 0.144. The molecule has 1 aliphatic heterocycles. The number of nitrogens with one attached hydrogen (secondary N) is 2. The number of nitrogens with zero attached hydrogens (tertiary/aromatic N) is 2. The lowest BCUT2D eigenvalue weighted by atomic mass is 10.2. The molecular weight excluding hydrogens is 308 g/mol. The lowest BCUT2D eigenvalue weighted by molar-refractivity contribution is -0.140. The fraction of sp³-hybridized carbons (Fsp3) is 0.824. The van der Waals surface area contributed by atoms with Crippen LogP contribution in [0.25, 0.3) is 0 Å². The van der Waals surface area contributed by atoms with E-state index in [2.05, 4.69) is 20.4 Å². The first-order chi connectivity index (χ1) is 11.7. The standard InChI is InChI=1S/C17H32N4O3/c1-3-18-17(19-11-6-4-5-10-16(23)24-2)20-12-8-14-21-13-7-9-15(21)22/h3-14H2,1-2H3,(H2,18,19,20). The van der Waals surface area contributed by atoms with Crippen LogP contribution >= 0.6 is 0 Å².